The molecule has 4 aliphatic rings. The number of benzene rings is 1. The van der Waals surface area contributed by atoms with Gasteiger partial charge in [0.2, 0.25) is 29.5 Å². The van der Waals surface area contributed by atoms with Crippen molar-refractivity contribution < 1.29 is 48.1 Å². The van der Waals surface area contributed by atoms with Crippen molar-refractivity contribution in [1.82, 2.24) is 25.8 Å². The van der Waals surface area contributed by atoms with Gasteiger partial charge in [0.25, 0.3) is 0 Å². The Morgan fingerprint density at radius 2 is 1.47 bits per heavy atom. The summed E-state index contributed by atoms with van der Waals surface area (Å²) in [6.07, 6.45) is 2.19. The number of ether oxygens (including phenoxy) is 3. The number of carbonyl (C=O) groups is 6. The van der Waals surface area contributed by atoms with Crippen molar-refractivity contribution in [3.05, 3.63) is 35.9 Å². The minimum Gasteiger partial charge on any atom is -0.455 e. The third-order valence-corrected chi connectivity index (χ3v) is 15.5. The summed E-state index contributed by atoms with van der Waals surface area (Å²) in [4.78, 5) is 87.5. The number of likely N-dealkylation sites (tertiary alicyclic amines) is 2. The van der Waals surface area contributed by atoms with Crippen LogP contribution in [-0.4, -0.2) is 139 Å². The zero-order chi connectivity index (χ0) is 50.0. The molecular formula is C51H83N7O10. The van der Waals surface area contributed by atoms with E-state index in [4.69, 9.17) is 25.7 Å². The van der Waals surface area contributed by atoms with Crippen LogP contribution in [0.1, 0.15) is 118 Å². The average Bonchev–Trinajstić information content (AvgIpc) is 4.09. The third kappa shape index (κ3) is 13.0. The molecule has 0 aromatic heterocycles. The van der Waals surface area contributed by atoms with Crippen LogP contribution in [0.5, 0.6) is 0 Å². The highest BCUT2D eigenvalue weighted by atomic mass is 16.6. The van der Waals surface area contributed by atoms with Crippen molar-refractivity contribution in [2.45, 2.75) is 161 Å². The molecule has 4 heterocycles. The number of methoxy groups -OCH3 is 1. The van der Waals surface area contributed by atoms with Gasteiger partial charge in [0.15, 0.2) is 0 Å². The molecule has 2 bridgehead atoms. The second-order valence-corrected chi connectivity index (χ2v) is 20.7. The van der Waals surface area contributed by atoms with Gasteiger partial charge in [-0.15, -0.1) is 0 Å². The summed E-state index contributed by atoms with van der Waals surface area (Å²) >= 11 is 0. The first kappa shape index (κ1) is 54.8. The van der Waals surface area contributed by atoms with Crippen molar-refractivity contribution in [1.29, 1.82) is 0 Å². The normalized spacial score (nSPS) is 25.8. The summed E-state index contributed by atoms with van der Waals surface area (Å²) in [5, 5.41) is 20.0. The molecule has 17 nitrogen and oxygen atoms in total. The number of nitrogens with two attached hydrogens (primary N) is 2. The Morgan fingerprint density at radius 3 is 2.04 bits per heavy atom. The van der Waals surface area contributed by atoms with Gasteiger partial charge in [-0.3, -0.25) is 28.8 Å². The summed E-state index contributed by atoms with van der Waals surface area (Å²) in [6.45, 7) is 16.3. The number of amides is 5. The highest BCUT2D eigenvalue weighted by Crippen LogP contribution is 2.46. The van der Waals surface area contributed by atoms with Gasteiger partial charge in [-0.25, -0.2) is 0 Å². The van der Waals surface area contributed by atoms with E-state index in [1.54, 1.807) is 23.6 Å². The first-order chi connectivity index (χ1) is 32.4. The van der Waals surface area contributed by atoms with E-state index in [0.29, 0.717) is 70.1 Å². The maximum Gasteiger partial charge on any atom is 0.313 e. The van der Waals surface area contributed by atoms with Crippen LogP contribution < -0.4 is 27.4 Å². The fourth-order valence-electron chi connectivity index (χ4n) is 10.9. The number of aliphatic hydroxyl groups excluding tert-OH is 1. The van der Waals surface area contributed by atoms with Crippen molar-refractivity contribution >= 4 is 35.5 Å². The molecule has 5 amide bonds. The van der Waals surface area contributed by atoms with Crippen molar-refractivity contribution in [2.24, 2.45) is 58.8 Å². The van der Waals surface area contributed by atoms with Crippen molar-refractivity contribution in [3.63, 3.8) is 0 Å². The van der Waals surface area contributed by atoms with E-state index in [0.717, 1.165) is 0 Å². The molecule has 0 aliphatic carbocycles. The van der Waals surface area contributed by atoms with Crippen LogP contribution in [0.2, 0.25) is 0 Å². The molecule has 8 N–H and O–H groups in total. The summed E-state index contributed by atoms with van der Waals surface area (Å²) < 4.78 is 18.5. The molecule has 14 atom stereocenters. The number of rotatable bonds is 23. The lowest BCUT2D eigenvalue weighted by atomic mass is 9.78. The topological polar surface area (TPSA) is 245 Å². The number of nitrogens with one attached hydrogen (secondary N) is 3. The smallest absolute Gasteiger partial charge is 0.313 e. The molecule has 0 radical (unpaired) electrons. The summed E-state index contributed by atoms with van der Waals surface area (Å²) in [6, 6.07) is 6.64. The van der Waals surface area contributed by atoms with Gasteiger partial charge >= 0.3 is 5.97 Å². The number of hydrogen-bond acceptors (Lipinski definition) is 12. The van der Waals surface area contributed by atoms with Crippen LogP contribution in [0, 0.1) is 47.3 Å². The van der Waals surface area contributed by atoms with E-state index < -0.39 is 78.0 Å². The predicted molar refractivity (Wildman–Crippen MR) is 257 cm³/mol. The predicted octanol–water partition coefficient (Wildman–Crippen LogP) is 3.06. The van der Waals surface area contributed by atoms with Crippen LogP contribution in [-0.2, 0) is 43.0 Å². The first-order valence-corrected chi connectivity index (χ1v) is 25.4. The highest BCUT2D eigenvalue weighted by Gasteiger charge is 2.57. The number of fused-ring (bicyclic) bond motifs is 2. The SMILES string of the molecule is CC[C@H](C)C(NC(=O)[C@@H](NC(=O)[C@@H](CN)C(C)C)C(C)C)[C@@H](CC(=O)N1CCC[C@H]1[C@H](CO)[C@@H](C)C(=O)N[C@H](C)[C@@H](OC(=O)C1C2CCC(O2)C1C(=O)N1CCC(N)CC1)c1ccccc1)OC. The summed E-state index contributed by atoms with van der Waals surface area (Å²) in [7, 11) is 1.51. The first-order valence-electron chi connectivity index (χ1n) is 25.4. The second kappa shape index (κ2) is 25.1. The van der Waals surface area contributed by atoms with Gasteiger partial charge in [0.05, 0.1) is 54.6 Å². The van der Waals surface area contributed by atoms with E-state index in [9.17, 15) is 33.9 Å². The molecular weight excluding hydrogens is 871 g/mol. The van der Waals surface area contributed by atoms with Crippen molar-refractivity contribution in [3.8, 4) is 0 Å². The van der Waals surface area contributed by atoms with E-state index in [1.165, 1.54) is 7.11 Å². The minimum atomic E-state index is -0.903. The zero-order valence-corrected chi connectivity index (χ0v) is 42.1. The van der Waals surface area contributed by atoms with Crippen molar-refractivity contribution in [2.75, 3.05) is 39.9 Å². The van der Waals surface area contributed by atoms with E-state index >= 15 is 0 Å². The molecule has 382 valence electrons. The van der Waals surface area contributed by atoms with E-state index in [1.807, 2.05) is 71.9 Å². The van der Waals surface area contributed by atoms with E-state index in [-0.39, 0.29) is 79.0 Å². The van der Waals surface area contributed by atoms with Gasteiger partial charge < -0.3 is 56.5 Å². The molecule has 5 unspecified atom stereocenters. The maximum absolute atomic E-state index is 14.3. The van der Waals surface area contributed by atoms with Gasteiger partial charge in [0, 0.05) is 63.8 Å². The Balaban J connectivity index is 1.26. The van der Waals surface area contributed by atoms with Crippen LogP contribution >= 0.6 is 0 Å². The lowest BCUT2D eigenvalue weighted by Gasteiger charge is -2.37. The molecule has 0 spiro atoms. The number of carbonyl (C=O) groups excluding carboxylic acids is 6. The Kier molecular flexibility index (Phi) is 20.2. The van der Waals surface area contributed by atoms with Gasteiger partial charge in [0.1, 0.15) is 12.1 Å². The summed E-state index contributed by atoms with van der Waals surface area (Å²) in [5.41, 5.74) is 12.7. The third-order valence-electron chi connectivity index (χ3n) is 15.5. The van der Waals surface area contributed by atoms with Gasteiger partial charge in [-0.05, 0) is 68.8 Å². The number of piperidine rings is 1. The molecule has 4 aliphatic heterocycles. The molecule has 4 saturated heterocycles. The quantitative estimate of drug-likeness (QED) is 0.0868. The van der Waals surface area contributed by atoms with Gasteiger partial charge in [-0.1, -0.05) is 85.2 Å². The molecule has 4 fully saturated rings. The molecule has 1 aromatic rings. The fraction of sp³-hybridized carbons (Fsp3) is 0.765. The molecule has 1 aromatic carbocycles. The monoisotopic (exact) mass is 954 g/mol. The van der Waals surface area contributed by atoms with E-state index in [2.05, 4.69) is 16.0 Å². The number of nitrogens with zero attached hydrogens (tertiary/aromatic N) is 2. The molecule has 5 rings (SSSR count). The Hall–Kier alpha value is -4.16. The van der Waals surface area contributed by atoms with Crippen LogP contribution in [0.4, 0.5) is 0 Å². The zero-order valence-electron chi connectivity index (χ0n) is 42.1. The van der Waals surface area contributed by atoms with Gasteiger partial charge in [-0.2, -0.15) is 0 Å². The lowest BCUT2D eigenvalue weighted by molar-refractivity contribution is -0.163. The average molecular weight is 954 g/mol. The van der Waals surface area contributed by atoms with Crippen LogP contribution in [0.3, 0.4) is 0 Å². The lowest BCUT2D eigenvalue weighted by Crippen LogP contribution is -2.58. The largest absolute Gasteiger partial charge is 0.455 e. The molecule has 17 heteroatoms. The number of hydrogen-bond donors (Lipinski definition) is 6. The Labute approximate surface area is 404 Å². The maximum atomic E-state index is 14.3. The Morgan fingerprint density at radius 1 is 0.824 bits per heavy atom. The fourth-order valence-corrected chi connectivity index (χ4v) is 10.9. The van der Waals surface area contributed by atoms with Crippen LogP contribution in [0.15, 0.2) is 30.3 Å². The number of aliphatic hydroxyl groups is 1. The molecule has 68 heavy (non-hydrogen) atoms. The summed E-state index contributed by atoms with van der Waals surface area (Å²) in [5.74, 6) is -5.51. The molecule has 0 saturated carbocycles. The standard InChI is InChI=1S/C51H83N7O10/c1-10-30(6)45(56-49(63)44(29(4)5)55-48(62)35(26-52)28(2)3)40(66-9)25-41(60)58-22-14-17-37(58)36(27-59)31(7)47(61)54-32(8)46(33-15-12-11-13-16-33)68-51(65)43-39-19-18-38(67-39)42(43)50(64)57-23-20-34(53)21-24-57/h11-13,15-16,28-32,34-40,42-46,59H,10,14,17-27,52-53H2,1-9H3,(H,54,61)(H,55,62)(H,56,63)/t30-,31+,32+,35-,36+,37-,38?,39?,40+,42?,43?,44-,45?,46+/m0/s1. The Bertz CT molecular complexity index is 1850. The van der Waals surface area contributed by atoms with Crippen LogP contribution in [0.25, 0.3) is 0 Å². The highest BCUT2D eigenvalue weighted by molar-refractivity contribution is 5.89. The second-order valence-electron chi connectivity index (χ2n) is 20.7. The number of esters is 1. The minimum absolute atomic E-state index is 0.0106.